The fraction of sp³-hybridized carbons (Fsp3) is 0.545. The third-order valence-electron chi connectivity index (χ3n) is 2.15. The Labute approximate surface area is 106 Å². The highest BCUT2D eigenvalue weighted by atomic mass is 35.5. The topological polar surface area (TPSA) is 34.1 Å². The zero-order chi connectivity index (χ0) is 11.8. The molecule has 5 heteroatoms. The normalized spacial score (nSPS) is 12.7. The van der Waals surface area contributed by atoms with Gasteiger partial charge in [0.25, 0.3) is 0 Å². The lowest BCUT2D eigenvalue weighted by molar-refractivity contribution is 0.195. The quantitative estimate of drug-likeness (QED) is 0.606. The molecule has 16 heavy (non-hydrogen) atoms. The van der Waals surface area contributed by atoms with Crippen molar-refractivity contribution in [2.45, 2.75) is 18.3 Å². The highest BCUT2D eigenvalue weighted by molar-refractivity contribution is 6.31. The summed E-state index contributed by atoms with van der Waals surface area (Å²) < 4.78 is 4.95. The van der Waals surface area contributed by atoms with Crippen molar-refractivity contribution in [2.24, 2.45) is 0 Å². The first-order chi connectivity index (χ1) is 7.74. The molecule has 0 aliphatic rings. The molecule has 0 aliphatic carbocycles. The zero-order valence-corrected chi connectivity index (χ0v) is 10.8. The van der Waals surface area contributed by atoms with Gasteiger partial charge in [-0.15, -0.1) is 11.6 Å². The third kappa shape index (κ3) is 5.12. The first kappa shape index (κ1) is 13.7. The van der Waals surface area contributed by atoms with Gasteiger partial charge in [-0.05, 0) is 24.6 Å². The highest BCUT2D eigenvalue weighted by Crippen LogP contribution is 2.12. The van der Waals surface area contributed by atoms with Crippen LogP contribution in [0.2, 0.25) is 5.02 Å². The van der Waals surface area contributed by atoms with E-state index in [1.165, 1.54) is 0 Å². The van der Waals surface area contributed by atoms with Gasteiger partial charge in [-0.1, -0.05) is 11.6 Å². The molecule has 0 aliphatic heterocycles. The van der Waals surface area contributed by atoms with Crippen LogP contribution in [0.15, 0.2) is 18.5 Å². The molecule has 1 aromatic rings. The Morgan fingerprint density at radius 3 is 3.06 bits per heavy atom. The number of ether oxygens (including phenoxy) is 1. The van der Waals surface area contributed by atoms with Crippen molar-refractivity contribution in [3.63, 3.8) is 0 Å². The van der Waals surface area contributed by atoms with E-state index < -0.39 is 0 Å². The van der Waals surface area contributed by atoms with Crippen LogP contribution in [-0.4, -0.2) is 30.6 Å². The minimum atomic E-state index is 0.0606. The number of nitrogens with one attached hydrogen (secondary N) is 1. The van der Waals surface area contributed by atoms with E-state index in [0.717, 1.165) is 25.1 Å². The first-order valence-corrected chi connectivity index (χ1v) is 5.97. The van der Waals surface area contributed by atoms with E-state index in [4.69, 9.17) is 27.9 Å². The van der Waals surface area contributed by atoms with Crippen LogP contribution < -0.4 is 5.32 Å². The number of hydrogen-bond donors (Lipinski definition) is 1. The summed E-state index contributed by atoms with van der Waals surface area (Å²) in [5, 5.41) is 4.03. The summed E-state index contributed by atoms with van der Waals surface area (Å²) in [6.45, 7) is 2.16. The minimum Gasteiger partial charge on any atom is -0.383 e. The summed E-state index contributed by atoms with van der Waals surface area (Å²) in [6.07, 6.45) is 4.25. The number of pyridine rings is 1. The van der Waals surface area contributed by atoms with E-state index in [2.05, 4.69) is 10.3 Å². The summed E-state index contributed by atoms with van der Waals surface area (Å²) in [6, 6.07) is 1.91. The predicted octanol–water partition coefficient (Wildman–Crippen LogP) is 2.47. The number of rotatable bonds is 7. The maximum atomic E-state index is 5.99. The van der Waals surface area contributed by atoms with Gasteiger partial charge in [0.2, 0.25) is 0 Å². The molecule has 0 aromatic carbocycles. The molecule has 0 saturated carbocycles. The largest absolute Gasteiger partial charge is 0.383 e. The van der Waals surface area contributed by atoms with Crippen molar-refractivity contribution in [2.75, 3.05) is 20.3 Å². The van der Waals surface area contributed by atoms with Crippen LogP contribution in [0.5, 0.6) is 0 Å². The van der Waals surface area contributed by atoms with Gasteiger partial charge in [0, 0.05) is 26.0 Å². The van der Waals surface area contributed by atoms with Crippen LogP contribution in [0.4, 0.5) is 0 Å². The van der Waals surface area contributed by atoms with E-state index >= 15 is 0 Å². The molecule has 0 fully saturated rings. The van der Waals surface area contributed by atoms with E-state index in [9.17, 15) is 0 Å². The number of hydrogen-bond acceptors (Lipinski definition) is 3. The number of halogens is 2. The van der Waals surface area contributed by atoms with Gasteiger partial charge in [0.15, 0.2) is 0 Å². The Morgan fingerprint density at radius 1 is 1.56 bits per heavy atom. The van der Waals surface area contributed by atoms with Crippen molar-refractivity contribution < 1.29 is 4.74 Å². The molecule has 1 N–H and O–H groups in total. The summed E-state index contributed by atoms with van der Waals surface area (Å²) >= 11 is 12.0. The smallest absolute Gasteiger partial charge is 0.0634 e. The SMILES string of the molecule is COCC(Cl)CCNCc1ccncc1Cl. The van der Waals surface area contributed by atoms with Crippen molar-refractivity contribution in [1.29, 1.82) is 0 Å². The first-order valence-electron chi connectivity index (χ1n) is 5.16. The van der Waals surface area contributed by atoms with Gasteiger partial charge >= 0.3 is 0 Å². The molecule has 0 bridgehead atoms. The number of nitrogens with zero attached hydrogens (tertiary/aromatic N) is 1. The zero-order valence-electron chi connectivity index (χ0n) is 9.25. The Balaban J connectivity index is 2.19. The second kappa shape index (κ2) is 7.85. The van der Waals surface area contributed by atoms with Crippen LogP contribution >= 0.6 is 23.2 Å². The van der Waals surface area contributed by atoms with Crippen LogP contribution in [0.3, 0.4) is 0 Å². The lowest BCUT2D eigenvalue weighted by Gasteiger charge is -2.09. The van der Waals surface area contributed by atoms with Gasteiger partial charge in [0.05, 0.1) is 17.0 Å². The fourth-order valence-corrected chi connectivity index (χ4v) is 1.71. The molecular formula is C11H16Cl2N2O. The Bertz CT molecular complexity index is 310. The fourth-order valence-electron chi connectivity index (χ4n) is 1.29. The molecule has 1 unspecified atom stereocenters. The minimum absolute atomic E-state index is 0.0606. The molecule has 1 atom stereocenters. The second-order valence-corrected chi connectivity index (χ2v) is 4.51. The van der Waals surface area contributed by atoms with Crippen LogP contribution in [0, 0.1) is 0 Å². The number of alkyl halides is 1. The molecular weight excluding hydrogens is 247 g/mol. The molecule has 0 radical (unpaired) electrons. The van der Waals surface area contributed by atoms with Crippen molar-refractivity contribution >= 4 is 23.2 Å². The Morgan fingerprint density at radius 2 is 2.38 bits per heavy atom. The molecule has 3 nitrogen and oxygen atoms in total. The highest BCUT2D eigenvalue weighted by Gasteiger charge is 2.03. The average Bonchev–Trinajstić information content (AvgIpc) is 2.27. The second-order valence-electron chi connectivity index (χ2n) is 3.49. The molecule has 0 amide bonds. The summed E-state index contributed by atoms with van der Waals surface area (Å²) in [5.41, 5.74) is 1.05. The van der Waals surface area contributed by atoms with Crippen molar-refractivity contribution in [3.05, 3.63) is 29.0 Å². The third-order valence-corrected chi connectivity index (χ3v) is 2.84. The maximum Gasteiger partial charge on any atom is 0.0634 e. The van der Waals surface area contributed by atoms with Gasteiger partial charge < -0.3 is 10.1 Å². The van der Waals surface area contributed by atoms with E-state index in [1.807, 2.05) is 6.07 Å². The summed E-state index contributed by atoms with van der Waals surface area (Å²) in [7, 11) is 1.65. The van der Waals surface area contributed by atoms with Gasteiger partial charge in [-0.2, -0.15) is 0 Å². The monoisotopic (exact) mass is 262 g/mol. The number of methoxy groups -OCH3 is 1. The van der Waals surface area contributed by atoms with Gasteiger partial charge in [0.1, 0.15) is 0 Å². The van der Waals surface area contributed by atoms with Crippen molar-refractivity contribution in [1.82, 2.24) is 10.3 Å². The summed E-state index contributed by atoms with van der Waals surface area (Å²) in [5.74, 6) is 0. The van der Waals surface area contributed by atoms with E-state index in [-0.39, 0.29) is 5.38 Å². The molecule has 0 saturated heterocycles. The molecule has 1 rings (SSSR count). The predicted molar refractivity (Wildman–Crippen MR) is 67.1 cm³/mol. The lowest BCUT2D eigenvalue weighted by atomic mass is 10.2. The molecule has 90 valence electrons. The summed E-state index contributed by atoms with van der Waals surface area (Å²) in [4.78, 5) is 3.93. The van der Waals surface area contributed by atoms with Gasteiger partial charge in [-0.3, -0.25) is 4.98 Å². The number of aromatic nitrogens is 1. The van der Waals surface area contributed by atoms with E-state index in [0.29, 0.717) is 11.6 Å². The maximum absolute atomic E-state index is 5.99. The van der Waals surface area contributed by atoms with Gasteiger partial charge in [-0.25, -0.2) is 0 Å². The van der Waals surface area contributed by atoms with Crippen LogP contribution in [-0.2, 0) is 11.3 Å². The standard InChI is InChI=1S/C11H16Cl2N2O/c1-16-8-10(12)3-5-14-6-9-2-4-15-7-11(9)13/h2,4,7,10,14H,3,5-6,8H2,1H3. The molecule has 1 aromatic heterocycles. The Hall–Kier alpha value is -0.350. The molecule has 0 spiro atoms. The Kier molecular flexibility index (Phi) is 6.73. The average molecular weight is 263 g/mol. The van der Waals surface area contributed by atoms with Crippen LogP contribution in [0.1, 0.15) is 12.0 Å². The van der Waals surface area contributed by atoms with E-state index in [1.54, 1.807) is 19.5 Å². The molecule has 1 heterocycles. The van der Waals surface area contributed by atoms with Crippen LogP contribution in [0.25, 0.3) is 0 Å². The lowest BCUT2D eigenvalue weighted by Crippen LogP contribution is -2.20. The van der Waals surface area contributed by atoms with Crippen molar-refractivity contribution in [3.8, 4) is 0 Å².